The van der Waals surface area contributed by atoms with Crippen LogP contribution in [0.3, 0.4) is 0 Å². The van der Waals surface area contributed by atoms with Gasteiger partial charge in [-0.25, -0.2) is 0 Å². The standard InChI is InChI=1S/C12H16N2O/c1-10-5-6-11(8-13-10)12-4-2-3-7-14(12)9-15/h5-6,8-9,12H,2-4,7H2,1H3. The van der Waals surface area contributed by atoms with Gasteiger partial charge in [0.1, 0.15) is 0 Å². The summed E-state index contributed by atoms with van der Waals surface area (Å²) in [5, 5.41) is 0. The lowest BCUT2D eigenvalue weighted by Gasteiger charge is -2.32. The lowest BCUT2D eigenvalue weighted by molar-refractivity contribution is -0.121. The second kappa shape index (κ2) is 4.43. The molecule has 1 aliphatic heterocycles. The molecule has 1 aliphatic rings. The SMILES string of the molecule is Cc1ccc(C2CCCCN2C=O)cn1. The van der Waals surface area contributed by atoms with Crippen molar-refractivity contribution >= 4 is 6.41 Å². The molecule has 1 fully saturated rings. The molecule has 0 radical (unpaired) electrons. The molecule has 2 rings (SSSR count). The Kier molecular flexibility index (Phi) is 2.99. The highest BCUT2D eigenvalue weighted by molar-refractivity contribution is 5.49. The van der Waals surface area contributed by atoms with E-state index in [0.717, 1.165) is 37.1 Å². The fraction of sp³-hybridized carbons (Fsp3) is 0.500. The first-order valence-electron chi connectivity index (χ1n) is 5.45. The Bertz CT molecular complexity index is 334. The summed E-state index contributed by atoms with van der Waals surface area (Å²) in [6.45, 7) is 2.85. The zero-order valence-corrected chi connectivity index (χ0v) is 9.02. The summed E-state index contributed by atoms with van der Waals surface area (Å²) in [6.07, 6.45) is 6.23. The van der Waals surface area contributed by atoms with Crippen molar-refractivity contribution in [3.05, 3.63) is 29.6 Å². The Balaban J connectivity index is 2.20. The Morgan fingerprint density at radius 2 is 2.33 bits per heavy atom. The van der Waals surface area contributed by atoms with Gasteiger partial charge in [0, 0.05) is 18.4 Å². The second-order valence-electron chi connectivity index (χ2n) is 4.09. The van der Waals surface area contributed by atoms with E-state index in [4.69, 9.17) is 0 Å². The van der Waals surface area contributed by atoms with E-state index >= 15 is 0 Å². The van der Waals surface area contributed by atoms with Gasteiger partial charge in [0.25, 0.3) is 0 Å². The molecule has 0 bridgehead atoms. The lowest BCUT2D eigenvalue weighted by Crippen LogP contribution is -2.32. The van der Waals surface area contributed by atoms with Gasteiger partial charge >= 0.3 is 0 Å². The first kappa shape index (κ1) is 10.1. The van der Waals surface area contributed by atoms with E-state index in [9.17, 15) is 4.79 Å². The Morgan fingerprint density at radius 3 is 3.00 bits per heavy atom. The van der Waals surface area contributed by atoms with E-state index in [1.807, 2.05) is 24.1 Å². The van der Waals surface area contributed by atoms with Crippen LogP contribution in [0, 0.1) is 6.92 Å². The van der Waals surface area contributed by atoms with Crippen molar-refractivity contribution in [3.63, 3.8) is 0 Å². The average Bonchev–Trinajstić information content (AvgIpc) is 2.30. The number of piperidine rings is 1. The number of rotatable bonds is 2. The van der Waals surface area contributed by atoms with Gasteiger partial charge in [-0.2, -0.15) is 0 Å². The van der Waals surface area contributed by atoms with E-state index in [1.165, 1.54) is 6.42 Å². The predicted molar refractivity (Wildman–Crippen MR) is 58.3 cm³/mol. The molecular formula is C12H16N2O. The van der Waals surface area contributed by atoms with Crippen molar-refractivity contribution in [2.45, 2.75) is 32.2 Å². The van der Waals surface area contributed by atoms with Crippen molar-refractivity contribution in [1.82, 2.24) is 9.88 Å². The molecule has 3 nitrogen and oxygen atoms in total. The third-order valence-electron chi connectivity index (χ3n) is 3.00. The van der Waals surface area contributed by atoms with Crippen LogP contribution in [0.2, 0.25) is 0 Å². The summed E-state index contributed by atoms with van der Waals surface area (Å²) < 4.78 is 0. The number of aryl methyl sites for hydroxylation is 1. The summed E-state index contributed by atoms with van der Waals surface area (Å²) in [4.78, 5) is 17.1. The van der Waals surface area contributed by atoms with Crippen molar-refractivity contribution in [1.29, 1.82) is 0 Å². The van der Waals surface area contributed by atoms with E-state index < -0.39 is 0 Å². The van der Waals surface area contributed by atoms with Crippen LogP contribution >= 0.6 is 0 Å². The van der Waals surface area contributed by atoms with Gasteiger partial charge in [-0.3, -0.25) is 9.78 Å². The van der Waals surface area contributed by atoms with Gasteiger partial charge in [0.15, 0.2) is 0 Å². The maximum Gasteiger partial charge on any atom is 0.210 e. The molecule has 0 spiro atoms. The largest absolute Gasteiger partial charge is 0.338 e. The lowest BCUT2D eigenvalue weighted by atomic mass is 9.97. The van der Waals surface area contributed by atoms with E-state index in [2.05, 4.69) is 11.1 Å². The van der Waals surface area contributed by atoms with E-state index in [0.29, 0.717) is 0 Å². The van der Waals surface area contributed by atoms with E-state index in [1.54, 1.807) is 0 Å². The first-order chi connectivity index (χ1) is 7.31. The summed E-state index contributed by atoms with van der Waals surface area (Å²) in [5.74, 6) is 0. The van der Waals surface area contributed by atoms with Gasteiger partial charge in [0.2, 0.25) is 6.41 Å². The van der Waals surface area contributed by atoms with Crippen LogP contribution in [0.25, 0.3) is 0 Å². The number of carbonyl (C=O) groups excluding carboxylic acids is 1. The molecule has 2 heterocycles. The third-order valence-corrected chi connectivity index (χ3v) is 3.00. The van der Waals surface area contributed by atoms with Crippen molar-refractivity contribution in [2.24, 2.45) is 0 Å². The predicted octanol–water partition coefficient (Wildman–Crippen LogP) is 2.07. The van der Waals surface area contributed by atoms with Crippen LogP contribution in [-0.4, -0.2) is 22.8 Å². The minimum Gasteiger partial charge on any atom is -0.338 e. The summed E-state index contributed by atoms with van der Waals surface area (Å²) in [5.41, 5.74) is 2.18. The molecule has 0 N–H and O–H groups in total. The van der Waals surface area contributed by atoms with Crippen molar-refractivity contribution in [2.75, 3.05) is 6.54 Å². The minimum absolute atomic E-state index is 0.240. The number of pyridine rings is 1. The Morgan fingerprint density at radius 1 is 1.47 bits per heavy atom. The fourth-order valence-corrected chi connectivity index (χ4v) is 2.11. The van der Waals surface area contributed by atoms with Gasteiger partial charge in [-0.15, -0.1) is 0 Å². The maximum absolute atomic E-state index is 10.9. The zero-order chi connectivity index (χ0) is 10.7. The van der Waals surface area contributed by atoms with Crippen LogP contribution in [0.4, 0.5) is 0 Å². The van der Waals surface area contributed by atoms with Gasteiger partial charge in [-0.05, 0) is 37.8 Å². The van der Waals surface area contributed by atoms with Gasteiger partial charge in [-0.1, -0.05) is 6.07 Å². The highest BCUT2D eigenvalue weighted by Crippen LogP contribution is 2.28. The quantitative estimate of drug-likeness (QED) is 0.691. The molecule has 1 saturated heterocycles. The third kappa shape index (κ3) is 2.17. The van der Waals surface area contributed by atoms with Crippen LogP contribution in [0.1, 0.15) is 36.6 Å². The summed E-state index contributed by atoms with van der Waals surface area (Å²) >= 11 is 0. The molecule has 0 aromatic carbocycles. The molecule has 0 aliphatic carbocycles. The van der Waals surface area contributed by atoms with Crippen LogP contribution < -0.4 is 0 Å². The first-order valence-corrected chi connectivity index (χ1v) is 5.45. The van der Waals surface area contributed by atoms with Gasteiger partial charge in [0.05, 0.1) is 6.04 Å². The van der Waals surface area contributed by atoms with Crippen LogP contribution in [0.5, 0.6) is 0 Å². The molecule has 1 aromatic heterocycles. The maximum atomic E-state index is 10.9. The summed E-state index contributed by atoms with van der Waals surface area (Å²) in [6, 6.07) is 4.33. The van der Waals surface area contributed by atoms with Crippen LogP contribution in [-0.2, 0) is 4.79 Å². The fourth-order valence-electron chi connectivity index (χ4n) is 2.11. The highest BCUT2D eigenvalue weighted by atomic mass is 16.1. The normalized spacial score (nSPS) is 21.4. The molecule has 1 unspecified atom stereocenters. The number of nitrogens with zero attached hydrogens (tertiary/aromatic N) is 2. The smallest absolute Gasteiger partial charge is 0.210 e. The van der Waals surface area contributed by atoms with Crippen LogP contribution in [0.15, 0.2) is 18.3 Å². The van der Waals surface area contributed by atoms with Gasteiger partial charge < -0.3 is 4.90 Å². The van der Waals surface area contributed by atoms with Crippen molar-refractivity contribution in [3.8, 4) is 0 Å². The number of hydrogen-bond donors (Lipinski definition) is 0. The molecular weight excluding hydrogens is 188 g/mol. The molecule has 1 aromatic rings. The molecule has 15 heavy (non-hydrogen) atoms. The Labute approximate surface area is 90.1 Å². The highest BCUT2D eigenvalue weighted by Gasteiger charge is 2.22. The van der Waals surface area contributed by atoms with Crippen molar-refractivity contribution < 1.29 is 4.79 Å². The van der Waals surface area contributed by atoms with E-state index in [-0.39, 0.29) is 6.04 Å². The number of carbonyl (C=O) groups is 1. The monoisotopic (exact) mass is 204 g/mol. The number of likely N-dealkylation sites (tertiary alicyclic amines) is 1. The average molecular weight is 204 g/mol. The zero-order valence-electron chi connectivity index (χ0n) is 9.02. The molecule has 0 saturated carbocycles. The second-order valence-corrected chi connectivity index (χ2v) is 4.09. The number of aromatic nitrogens is 1. The summed E-state index contributed by atoms with van der Waals surface area (Å²) in [7, 11) is 0. The number of hydrogen-bond acceptors (Lipinski definition) is 2. The Hall–Kier alpha value is -1.38. The number of amides is 1. The molecule has 1 atom stereocenters. The molecule has 80 valence electrons. The molecule has 1 amide bonds. The molecule has 3 heteroatoms. The minimum atomic E-state index is 0.240. The topological polar surface area (TPSA) is 33.2 Å².